The van der Waals surface area contributed by atoms with Gasteiger partial charge in [0.1, 0.15) is 6.35 Å². The van der Waals surface area contributed by atoms with Gasteiger partial charge in [0, 0.05) is 0 Å². The van der Waals surface area contributed by atoms with Crippen molar-refractivity contribution in [1.29, 1.82) is 0 Å². The van der Waals surface area contributed by atoms with E-state index >= 15 is 0 Å². The van der Waals surface area contributed by atoms with Gasteiger partial charge in [0.2, 0.25) is 8.32 Å². The van der Waals surface area contributed by atoms with Gasteiger partial charge in [-0.25, -0.2) is 0 Å². The summed E-state index contributed by atoms with van der Waals surface area (Å²) in [5.41, 5.74) is 2.84. The van der Waals surface area contributed by atoms with Gasteiger partial charge in [-0.1, -0.05) is 71.9 Å². The highest BCUT2D eigenvalue weighted by atomic mass is 31.2. The first-order chi connectivity index (χ1) is 11.3. The van der Waals surface area contributed by atoms with Gasteiger partial charge in [-0.2, -0.15) is 0 Å². The molecule has 0 bridgehead atoms. The van der Waals surface area contributed by atoms with Crippen molar-refractivity contribution in [2.24, 2.45) is 0 Å². The average Bonchev–Trinajstić information content (AvgIpc) is 2.52. The van der Waals surface area contributed by atoms with E-state index in [0.29, 0.717) is 36.2 Å². The minimum atomic E-state index is -1.93. The lowest BCUT2D eigenvalue weighted by atomic mass is 10.2. The standard InChI is InChI=1S/C19H35O3PSi/c1-8-21-23(15-20-14-19-12-10-9-11-13-19)22-24(16(2)3,17(4)5)18(6)7/h9-13,16-18H,8,14-15H2,1-7H3. The predicted molar refractivity (Wildman–Crippen MR) is 107 cm³/mol. The van der Waals surface area contributed by atoms with Crippen LogP contribution < -0.4 is 0 Å². The van der Waals surface area contributed by atoms with Crippen LogP contribution in [0.15, 0.2) is 30.3 Å². The first-order valence-electron chi connectivity index (χ1n) is 9.05. The highest BCUT2D eigenvalue weighted by Gasteiger charge is 2.47. The van der Waals surface area contributed by atoms with Crippen LogP contribution >= 0.6 is 8.38 Å². The third-order valence-corrected chi connectivity index (χ3v) is 13.0. The number of hydrogen-bond donors (Lipinski definition) is 0. The molecule has 0 heterocycles. The van der Waals surface area contributed by atoms with Crippen molar-refractivity contribution in [2.45, 2.75) is 71.7 Å². The Bertz CT molecular complexity index is 429. The van der Waals surface area contributed by atoms with E-state index in [9.17, 15) is 0 Å². The third-order valence-electron chi connectivity index (χ3n) is 4.55. The normalized spacial score (nSPS) is 13.9. The summed E-state index contributed by atoms with van der Waals surface area (Å²) in [5.74, 6) is 0. The number of rotatable bonds is 11. The van der Waals surface area contributed by atoms with Crippen molar-refractivity contribution in [3.8, 4) is 0 Å². The third kappa shape index (κ3) is 5.93. The Kier molecular flexibility index (Phi) is 9.69. The second kappa shape index (κ2) is 10.7. The van der Waals surface area contributed by atoms with E-state index in [1.807, 2.05) is 25.1 Å². The molecule has 5 heteroatoms. The van der Waals surface area contributed by atoms with E-state index in [4.69, 9.17) is 13.5 Å². The van der Waals surface area contributed by atoms with Gasteiger partial charge in [0.25, 0.3) is 0 Å². The summed E-state index contributed by atoms with van der Waals surface area (Å²) in [6.45, 7) is 17.1. The summed E-state index contributed by atoms with van der Waals surface area (Å²) < 4.78 is 18.6. The molecule has 0 aliphatic rings. The molecule has 0 saturated heterocycles. The lowest BCUT2D eigenvalue weighted by Gasteiger charge is -2.43. The van der Waals surface area contributed by atoms with Gasteiger partial charge in [-0.15, -0.1) is 0 Å². The Labute approximate surface area is 151 Å². The minimum Gasteiger partial charge on any atom is -0.372 e. The maximum Gasteiger partial charge on any atom is 0.208 e. The summed E-state index contributed by atoms with van der Waals surface area (Å²) in [5, 5.41) is 0. The van der Waals surface area contributed by atoms with Crippen molar-refractivity contribution in [1.82, 2.24) is 0 Å². The fourth-order valence-corrected chi connectivity index (χ4v) is 12.5. The smallest absolute Gasteiger partial charge is 0.208 e. The van der Waals surface area contributed by atoms with Crippen LogP contribution in [0, 0.1) is 0 Å². The second-order valence-electron chi connectivity index (χ2n) is 7.12. The molecule has 3 nitrogen and oxygen atoms in total. The van der Waals surface area contributed by atoms with Crippen molar-refractivity contribution >= 4 is 16.7 Å². The van der Waals surface area contributed by atoms with E-state index in [-0.39, 0.29) is 0 Å². The fraction of sp³-hybridized carbons (Fsp3) is 0.684. The van der Waals surface area contributed by atoms with Crippen molar-refractivity contribution in [3.63, 3.8) is 0 Å². The molecule has 1 unspecified atom stereocenters. The molecular weight excluding hydrogens is 335 g/mol. The first-order valence-corrected chi connectivity index (χ1v) is 12.6. The summed E-state index contributed by atoms with van der Waals surface area (Å²) in [7, 11) is -2.94. The molecule has 138 valence electrons. The molecule has 24 heavy (non-hydrogen) atoms. The van der Waals surface area contributed by atoms with E-state index < -0.39 is 16.7 Å². The molecule has 1 aromatic rings. The van der Waals surface area contributed by atoms with E-state index in [0.717, 1.165) is 0 Å². The van der Waals surface area contributed by atoms with Crippen LogP contribution in [-0.2, 0) is 20.1 Å². The van der Waals surface area contributed by atoms with Gasteiger partial charge in [0.15, 0.2) is 8.38 Å². The van der Waals surface area contributed by atoms with Crippen LogP contribution in [-0.4, -0.2) is 21.3 Å². The maximum atomic E-state index is 6.76. The van der Waals surface area contributed by atoms with Crippen molar-refractivity contribution in [3.05, 3.63) is 35.9 Å². The number of hydrogen-bond acceptors (Lipinski definition) is 3. The predicted octanol–water partition coefficient (Wildman–Crippen LogP) is 6.70. The summed E-state index contributed by atoms with van der Waals surface area (Å²) in [6, 6.07) is 10.3. The Morgan fingerprint density at radius 1 is 0.917 bits per heavy atom. The molecule has 0 amide bonds. The van der Waals surface area contributed by atoms with Crippen LogP contribution in [0.25, 0.3) is 0 Å². The molecule has 0 radical (unpaired) electrons. The van der Waals surface area contributed by atoms with Gasteiger partial charge >= 0.3 is 0 Å². The largest absolute Gasteiger partial charge is 0.372 e. The van der Waals surface area contributed by atoms with Gasteiger partial charge in [0.05, 0.1) is 13.2 Å². The quantitative estimate of drug-likeness (QED) is 0.320. The fourth-order valence-electron chi connectivity index (χ4n) is 3.54. The lowest BCUT2D eigenvalue weighted by Crippen LogP contribution is -2.46. The van der Waals surface area contributed by atoms with Crippen LogP contribution in [0.5, 0.6) is 0 Å². The highest BCUT2D eigenvalue weighted by molar-refractivity contribution is 7.49. The molecule has 1 atom stereocenters. The number of benzene rings is 1. The molecule has 0 aliphatic carbocycles. The average molecular weight is 371 g/mol. The topological polar surface area (TPSA) is 27.7 Å². The van der Waals surface area contributed by atoms with Gasteiger partial charge in [-0.05, 0) is 29.1 Å². The molecule has 1 rings (SSSR count). The molecule has 0 N–H and O–H groups in total. The first kappa shape index (κ1) is 21.8. The Morgan fingerprint density at radius 2 is 1.46 bits per heavy atom. The molecule has 0 aromatic heterocycles. The van der Waals surface area contributed by atoms with Crippen molar-refractivity contribution in [2.75, 3.05) is 13.0 Å². The van der Waals surface area contributed by atoms with Crippen LogP contribution in [0.2, 0.25) is 16.6 Å². The van der Waals surface area contributed by atoms with Crippen LogP contribution in [0.1, 0.15) is 54.0 Å². The van der Waals surface area contributed by atoms with E-state index in [2.05, 4.69) is 53.7 Å². The second-order valence-corrected chi connectivity index (χ2v) is 14.2. The van der Waals surface area contributed by atoms with Crippen LogP contribution in [0.3, 0.4) is 0 Å². The zero-order valence-corrected chi connectivity index (χ0v) is 18.3. The van der Waals surface area contributed by atoms with E-state index in [1.165, 1.54) is 5.56 Å². The molecule has 0 aliphatic heterocycles. The summed E-state index contributed by atoms with van der Waals surface area (Å²) in [6.07, 6.45) is 0.541. The zero-order valence-electron chi connectivity index (χ0n) is 16.4. The highest BCUT2D eigenvalue weighted by Crippen LogP contribution is 2.52. The van der Waals surface area contributed by atoms with Gasteiger partial charge < -0.3 is 13.5 Å². The molecule has 1 aromatic carbocycles. The SMILES string of the molecule is CCOP(COCc1ccccc1)O[Si](C(C)C)(C(C)C)C(C)C. The van der Waals surface area contributed by atoms with E-state index in [1.54, 1.807) is 0 Å². The minimum absolute atomic E-state index is 0.541. The van der Waals surface area contributed by atoms with Crippen LogP contribution in [0.4, 0.5) is 0 Å². The van der Waals surface area contributed by atoms with Crippen molar-refractivity contribution < 1.29 is 13.5 Å². The number of ether oxygens (including phenoxy) is 1. The Hall–Kier alpha value is -0.253. The lowest BCUT2D eigenvalue weighted by molar-refractivity contribution is 0.148. The maximum absolute atomic E-state index is 6.76. The molecule has 0 spiro atoms. The summed E-state index contributed by atoms with van der Waals surface area (Å²) >= 11 is 0. The monoisotopic (exact) mass is 370 g/mol. The molecule has 0 saturated carbocycles. The zero-order chi connectivity index (χ0) is 18.2. The van der Waals surface area contributed by atoms with Gasteiger partial charge in [-0.3, -0.25) is 0 Å². The molecule has 0 fully saturated rings. The Morgan fingerprint density at radius 3 is 1.92 bits per heavy atom. The molecular formula is C19H35O3PSi. The summed E-state index contributed by atoms with van der Waals surface area (Å²) in [4.78, 5) is 0. The Balaban J connectivity index is 2.74.